The highest BCUT2D eigenvalue weighted by Crippen LogP contribution is 2.27. The fourth-order valence-corrected chi connectivity index (χ4v) is 2.72. The third kappa shape index (κ3) is 4.29. The fraction of sp³-hybridized carbons (Fsp3) is 0.500. The first-order valence-electron chi connectivity index (χ1n) is 7.41. The van der Waals surface area contributed by atoms with Crippen molar-refractivity contribution in [1.82, 2.24) is 0 Å². The van der Waals surface area contributed by atoms with E-state index in [9.17, 15) is 9.59 Å². The molecule has 4 N–H and O–H groups in total. The highest BCUT2D eigenvalue weighted by molar-refractivity contribution is 5.98. The molecule has 0 spiro atoms. The molecule has 0 radical (unpaired) electrons. The van der Waals surface area contributed by atoms with Crippen molar-refractivity contribution in [2.24, 2.45) is 5.73 Å². The molecular formula is C16H22N2O3. The van der Waals surface area contributed by atoms with Gasteiger partial charge in [0.25, 0.3) is 0 Å². The number of anilines is 1. The van der Waals surface area contributed by atoms with E-state index in [0.717, 1.165) is 37.7 Å². The van der Waals surface area contributed by atoms with Crippen LogP contribution in [0.15, 0.2) is 24.3 Å². The van der Waals surface area contributed by atoms with Crippen LogP contribution in [0.4, 0.5) is 5.69 Å². The molecule has 1 aromatic carbocycles. The molecule has 21 heavy (non-hydrogen) atoms. The van der Waals surface area contributed by atoms with E-state index in [1.54, 1.807) is 6.07 Å². The first kappa shape index (κ1) is 15.5. The monoisotopic (exact) mass is 290 g/mol. The van der Waals surface area contributed by atoms with Crippen LogP contribution in [0, 0.1) is 0 Å². The van der Waals surface area contributed by atoms with E-state index >= 15 is 0 Å². The van der Waals surface area contributed by atoms with Gasteiger partial charge >= 0.3 is 5.97 Å². The van der Waals surface area contributed by atoms with Crippen molar-refractivity contribution >= 4 is 17.6 Å². The maximum absolute atomic E-state index is 12.3. The van der Waals surface area contributed by atoms with Crippen LogP contribution in [0.2, 0.25) is 0 Å². The smallest absolute Gasteiger partial charge is 0.303 e. The van der Waals surface area contributed by atoms with Crippen molar-refractivity contribution in [2.45, 2.75) is 50.5 Å². The summed E-state index contributed by atoms with van der Waals surface area (Å²) in [5.41, 5.74) is 7.00. The molecule has 5 nitrogen and oxygen atoms in total. The molecular weight excluding hydrogens is 268 g/mol. The molecule has 114 valence electrons. The molecule has 0 aromatic heterocycles. The second-order valence-electron chi connectivity index (χ2n) is 5.77. The Kier molecular flexibility index (Phi) is 4.96. The van der Waals surface area contributed by atoms with Crippen molar-refractivity contribution < 1.29 is 14.7 Å². The Morgan fingerprint density at radius 3 is 2.62 bits per heavy atom. The zero-order chi connectivity index (χ0) is 15.3. The maximum Gasteiger partial charge on any atom is 0.303 e. The summed E-state index contributed by atoms with van der Waals surface area (Å²) in [5.74, 6) is -0.967. The molecule has 0 aliphatic heterocycles. The van der Waals surface area contributed by atoms with Crippen LogP contribution < -0.4 is 11.1 Å². The third-order valence-electron chi connectivity index (χ3n) is 4.01. The maximum atomic E-state index is 12.3. The topological polar surface area (TPSA) is 92.4 Å². The Hall–Kier alpha value is -1.88. The van der Waals surface area contributed by atoms with E-state index in [1.165, 1.54) is 0 Å². The normalized spacial score (nSPS) is 17.2. The van der Waals surface area contributed by atoms with Crippen LogP contribution in [-0.4, -0.2) is 22.5 Å². The number of nitrogens with two attached hydrogens (primary N) is 1. The average Bonchev–Trinajstić information content (AvgIpc) is 2.46. The Morgan fingerprint density at radius 1 is 1.24 bits per heavy atom. The number of rotatable bonds is 5. The lowest BCUT2D eigenvalue weighted by atomic mass is 9.82. The predicted molar refractivity (Wildman–Crippen MR) is 81.0 cm³/mol. The number of carboxylic acid groups (broad SMARTS) is 1. The van der Waals surface area contributed by atoms with Crippen LogP contribution in [0.1, 0.15) is 44.1 Å². The van der Waals surface area contributed by atoms with Gasteiger partial charge in [-0.2, -0.15) is 0 Å². The Labute approximate surface area is 124 Å². The summed E-state index contributed by atoms with van der Waals surface area (Å²) in [5, 5.41) is 11.6. The molecule has 2 rings (SSSR count). The number of amides is 1. The lowest BCUT2D eigenvalue weighted by Gasteiger charge is -2.31. The lowest BCUT2D eigenvalue weighted by molar-refractivity contribution is -0.137. The van der Waals surface area contributed by atoms with Gasteiger partial charge < -0.3 is 16.2 Å². The van der Waals surface area contributed by atoms with E-state index in [4.69, 9.17) is 10.8 Å². The fourth-order valence-electron chi connectivity index (χ4n) is 2.72. The molecule has 0 saturated heterocycles. The largest absolute Gasteiger partial charge is 0.481 e. The van der Waals surface area contributed by atoms with E-state index in [1.807, 2.05) is 18.2 Å². The SMILES string of the molecule is NC1(C(=O)Nc2cccc(CCC(=O)O)c2)CCCCC1. The highest BCUT2D eigenvalue weighted by Gasteiger charge is 2.35. The molecule has 0 bridgehead atoms. The minimum Gasteiger partial charge on any atom is -0.481 e. The standard InChI is InChI=1S/C16H22N2O3/c17-16(9-2-1-3-10-16)15(21)18-13-6-4-5-12(11-13)7-8-14(19)20/h4-6,11H,1-3,7-10,17H2,(H,18,21)(H,19,20). The molecule has 1 aromatic rings. The number of carbonyl (C=O) groups is 2. The average molecular weight is 290 g/mol. The number of hydrogen-bond acceptors (Lipinski definition) is 3. The van der Waals surface area contributed by atoms with Gasteiger partial charge in [-0.25, -0.2) is 0 Å². The zero-order valence-electron chi connectivity index (χ0n) is 12.1. The van der Waals surface area contributed by atoms with Crippen LogP contribution in [0.3, 0.4) is 0 Å². The number of carboxylic acids is 1. The molecule has 1 aliphatic rings. The van der Waals surface area contributed by atoms with Gasteiger partial charge in [-0.15, -0.1) is 0 Å². The number of benzene rings is 1. The summed E-state index contributed by atoms with van der Waals surface area (Å²) in [4.78, 5) is 22.9. The van der Waals surface area contributed by atoms with Crippen molar-refractivity contribution in [2.75, 3.05) is 5.32 Å². The van der Waals surface area contributed by atoms with Gasteiger partial charge in [-0.3, -0.25) is 9.59 Å². The van der Waals surface area contributed by atoms with Gasteiger partial charge in [0.1, 0.15) is 0 Å². The number of aliphatic carboxylic acids is 1. The van der Waals surface area contributed by atoms with E-state index in [0.29, 0.717) is 12.1 Å². The van der Waals surface area contributed by atoms with E-state index in [2.05, 4.69) is 5.32 Å². The van der Waals surface area contributed by atoms with Crippen molar-refractivity contribution in [3.05, 3.63) is 29.8 Å². The minimum atomic E-state index is -0.826. The molecule has 1 amide bonds. The first-order chi connectivity index (χ1) is 9.99. The summed E-state index contributed by atoms with van der Waals surface area (Å²) in [7, 11) is 0. The summed E-state index contributed by atoms with van der Waals surface area (Å²) in [6.45, 7) is 0. The van der Waals surface area contributed by atoms with Gasteiger partial charge in [0.2, 0.25) is 5.91 Å². The van der Waals surface area contributed by atoms with E-state index in [-0.39, 0.29) is 12.3 Å². The molecule has 1 saturated carbocycles. The minimum absolute atomic E-state index is 0.0816. The summed E-state index contributed by atoms with van der Waals surface area (Å²) < 4.78 is 0. The Bertz CT molecular complexity index is 522. The summed E-state index contributed by atoms with van der Waals surface area (Å²) in [6.07, 6.45) is 5.09. The van der Waals surface area contributed by atoms with E-state index < -0.39 is 11.5 Å². The molecule has 5 heteroatoms. The van der Waals surface area contributed by atoms with Crippen molar-refractivity contribution in [3.8, 4) is 0 Å². The molecule has 1 fully saturated rings. The number of aryl methyl sites for hydroxylation is 1. The second-order valence-corrected chi connectivity index (χ2v) is 5.77. The Balaban J connectivity index is 2.00. The van der Waals surface area contributed by atoms with Gasteiger partial charge in [-0.1, -0.05) is 31.4 Å². The number of nitrogens with one attached hydrogen (secondary N) is 1. The van der Waals surface area contributed by atoms with Crippen LogP contribution in [-0.2, 0) is 16.0 Å². The highest BCUT2D eigenvalue weighted by atomic mass is 16.4. The van der Waals surface area contributed by atoms with Gasteiger partial charge in [0.15, 0.2) is 0 Å². The van der Waals surface area contributed by atoms with Crippen LogP contribution in [0.5, 0.6) is 0 Å². The molecule has 0 heterocycles. The molecule has 0 unspecified atom stereocenters. The van der Waals surface area contributed by atoms with Gasteiger partial charge in [0.05, 0.1) is 5.54 Å². The number of hydrogen-bond donors (Lipinski definition) is 3. The first-order valence-corrected chi connectivity index (χ1v) is 7.41. The Morgan fingerprint density at radius 2 is 1.95 bits per heavy atom. The molecule has 1 aliphatic carbocycles. The van der Waals surface area contributed by atoms with Crippen LogP contribution >= 0.6 is 0 Å². The van der Waals surface area contributed by atoms with Crippen molar-refractivity contribution in [3.63, 3.8) is 0 Å². The molecule has 0 atom stereocenters. The van der Waals surface area contributed by atoms with Gasteiger partial charge in [0, 0.05) is 12.1 Å². The zero-order valence-corrected chi connectivity index (χ0v) is 12.1. The van der Waals surface area contributed by atoms with Crippen molar-refractivity contribution in [1.29, 1.82) is 0 Å². The van der Waals surface area contributed by atoms with Gasteiger partial charge in [-0.05, 0) is 37.0 Å². The number of carbonyl (C=O) groups excluding carboxylic acids is 1. The third-order valence-corrected chi connectivity index (χ3v) is 4.01. The second kappa shape index (κ2) is 6.72. The predicted octanol–water partition coefficient (Wildman–Crippen LogP) is 2.30. The lowest BCUT2D eigenvalue weighted by Crippen LogP contribution is -2.52. The van der Waals surface area contributed by atoms with Crippen LogP contribution in [0.25, 0.3) is 0 Å². The quantitative estimate of drug-likeness (QED) is 0.775. The summed E-state index contributed by atoms with van der Waals surface area (Å²) in [6, 6.07) is 7.29. The summed E-state index contributed by atoms with van der Waals surface area (Å²) >= 11 is 0.